The van der Waals surface area contributed by atoms with Crippen molar-refractivity contribution in [3.05, 3.63) is 89.2 Å². The number of pyridine rings is 1. The summed E-state index contributed by atoms with van der Waals surface area (Å²) in [6.07, 6.45) is 3.96. The highest BCUT2D eigenvalue weighted by molar-refractivity contribution is 7.22. The maximum atomic E-state index is 12.6. The third-order valence-electron chi connectivity index (χ3n) is 7.77. The molecule has 0 unspecified atom stereocenters. The van der Waals surface area contributed by atoms with Crippen molar-refractivity contribution in [2.45, 2.75) is 52.7 Å². The molecule has 1 aliphatic heterocycles. The summed E-state index contributed by atoms with van der Waals surface area (Å²) in [7, 11) is 0. The molecule has 1 saturated heterocycles. The van der Waals surface area contributed by atoms with Crippen LogP contribution in [-0.2, 0) is 16.0 Å². The number of hydrogen-bond donors (Lipinski definition) is 2. The minimum atomic E-state index is -0.500. The second kappa shape index (κ2) is 13.5. The van der Waals surface area contributed by atoms with Gasteiger partial charge in [-0.05, 0) is 93.8 Å². The van der Waals surface area contributed by atoms with E-state index in [4.69, 9.17) is 31.4 Å². The fourth-order valence-electron chi connectivity index (χ4n) is 5.54. The number of carbonyl (C=O) groups is 1. The van der Waals surface area contributed by atoms with Crippen LogP contribution in [0.2, 0.25) is 5.02 Å². The Labute approximate surface area is 283 Å². The topological polar surface area (TPSA) is 102 Å². The van der Waals surface area contributed by atoms with Crippen LogP contribution in [0.1, 0.15) is 44.9 Å². The zero-order valence-corrected chi connectivity index (χ0v) is 28.7. The lowest BCUT2D eigenvalue weighted by molar-refractivity contribution is -0.142. The van der Waals surface area contributed by atoms with E-state index in [-0.39, 0.29) is 12.4 Å². The summed E-state index contributed by atoms with van der Waals surface area (Å²) >= 11 is 7.84. The smallest absolute Gasteiger partial charge is 0.310 e. The molecule has 242 valence electrons. The van der Waals surface area contributed by atoms with Crippen molar-refractivity contribution in [3.8, 4) is 33.0 Å². The molecule has 0 spiro atoms. The van der Waals surface area contributed by atoms with Crippen molar-refractivity contribution >= 4 is 50.0 Å². The van der Waals surface area contributed by atoms with Crippen molar-refractivity contribution in [2.75, 3.05) is 19.7 Å². The minimum Gasteiger partial charge on any atom is -0.466 e. The highest BCUT2D eigenvalue weighted by atomic mass is 35.5. The van der Waals surface area contributed by atoms with Gasteiger partial charge in [-0.2, -0.15) is 5.10 Å². The standard InChI is InChI=1S/C33H28ClN5O2S.C4H10O/c1-3-41-30(40)15-26-19(2)12-28-32(31(26)20-4-7-24(34)8-5-20)42-33(38-28)22-10-11-36-27(14-22)21-6-9-29-23(13-21)16-37-39(29)25-17-35-18-25;1-4(2,3)5/h4-14,16,25,35H,3,15,17-18H2,1-2H3;5H,1-3H3. The fourth-order valence-corrected chi connectivity index (χ4v) is 6.80. The number of benzene rings is 3. The van der Waals surface area contributed by atoms with Crippen LogP contribution >= 0.6 is 22.9 Å². The quantitative estimate of drug-likeness (QED) is 0.166. The van der Waals surface area contributed by atoms with E-state index in [9.17, 15) is 4.79 Å². The van der Waals surface area contributed by atoms with Gasteiger partial charge in [0.15, 0.2) is 0 Å². The lowest BCUT2D eigenvalue weighted by Crippen LogP contribution is -2.43. The molecular formula is C37H38ClN5O3S. The number of halogens is 1. The third-order valence-corrected chi connectivity index (χ3v) is 9.16. The molecule has 3 aromatic heterocycles. The van der Waals surface area contributed by atoms with Gasteiger partial charge in [0.1, 0.15) is 5.01 Å². The lowest BCUT2D eigenvalue weighted by Gasteiger charge is -2.27. The molecule has 2 N–H and O–H groups in total. The molecule has 0 atom stereocenters. The van der Waals surface area contributed by atoms with Crippen LogP contribution in [0.15, 0.2) is 73.1 Å². The van der Waals surface area contributed by atoms with Gasteiger partial charge in [0.2, 0.25) is 0 Å². The Morgan fingerprint density at radius 1 is 1.06 bits per heavy atom. The van der Waals surface area contributed by atoms with Gasteiger partial charge >= 0.3 is 5.97 Å². The van der Waals surface area contributed by atoms with E-state index in [0.717, 1.165) is 78.3 Å². The molecule has 0 amide bonds. The number of ether oxygens (including phenoxy) is 1. The van der Waals surface area contributed by atoms with E-state index >= 15 is 0 Å². The number of rotatable bonds is 7. The molecule has 1 fully saturated rings. The first kappa shape index (κ1) is 32.8. The number of aliphatic hydroxyl groups is 1. The molecule has 3 aromatic carbocycles. The Balaban J connectivity index is 0.000000720. The Kier molecular flexibility index (Phi) is 9.43. The van der Waals surface area contributed by atoms with Gasteiger partial charge in [-0.15, -0.1) is 11.3 Å². The van der Waals surface area contributed by atoms with Crippen LogP contribution < -0.4 is 5.32 Å². The summed E-state index contributed by atoms with van der Waals surface area (Å²) < 4.78 is 8.44. The third kappa shape index (κ3) is 7.39. The van der Waals surface area contributed by atoms with Crippen LogP contribution in [0.3, 0.4) is 0 Å². The van der Waals surface area contributed by atoms with Gasteiger partial charge in [0, 0.05) is 46.4 Å². The first-order chi connectivity index (χ1) is 22.5. The molecule has 0 saturated carbocycles. The molecule has 7 rings (SSSR count). The summed E-state index contributed by atoms with van der Waals surface area (Å²) in [4.78, 5) is 22.4. The number of aryl methyl sites for hydroxylation is 1. The van der Waals surface area contributed by atoms with Gasteiger partial charge in [-0.3, -0.25) is 14.5 Å². The average Bonchev–Trinajstić information content (AvgIpc) is 3.61. The number of fused-ring (bicyclic) bond motifs is 2. The summed E-state index contributed by atoms with van der Waals surface area (Å²) in [6.45, 7) is 11.3. The van der Waals surface area contributed by atoms with Crippen molar-refractivity contribution in [1.29, 1.82) is 0 Å². The molecular weight excluding hydrogens is 630 g/mol. The summed E-state index contributed by atoms with van der Waals surface area (Å²) in [6, 6.07) is 20.7. The number of aromatic nitrogens is 4. The second-order valence-corrected chi connectivity index (χ2v) is 14.1. The van der Waals surface area contributed by atoms with E-state index in [2.05, 4.69) is 45.4 Å². The highest BCUT2D eigenvalue weighted by Gasteiger charge is 2.22. The predicted octanol–water partition coefficient (Wildman–Crippen LogP) is 8.03. The van der Waals surface area contributed by atoms with Gasteiger partial charge in [0.05, 0.1) is 52.3 Å². The summed E-state index contributed by atoms with van der Waals surface area (Å²) in [5, 5.41) is 19.1. The van der Waals surface area contributed by atoms with Crippen molar-refractivity contribution in [3.63, 3.8) is 0 Å². The Morgan fingerprint density at radius 3 is 2.47 bits per heavy atom. The van der Waals surface area contributed by atoms with Crippen molar-refractivity contribution in [2.24, 2.45) is 0 Å². The van der Waals surface area contributed by atoms with Gasteiger partial charge < -0.3 is 15.2 Å². The fraction of sp³-hybridized carbons (Fsp3) is 0.297. The van der Waals surface area contributed by atoms with E-state index in [1.165, 1.54) is 0 Å². The van der Waals surface area contributed by atoms with Crippen molar-refractivity contribution < 1.29 is 14.6 Å². The van der Waals surface area contributed by atoms with E-state index < -0.39 is 5.60 Å². The summed E-state index contributed by atoms with van der Waals surface area (Å²) in [5.41, 5.74) is 8.36. The van der Waals surface area contributed by atoms with Crippen LogP contribution in [0.4, 0.5) is 0 Å². The highest BCUT2D eigenvalue weighted by Crippen LogP contribution is 2.41. The number of hydrogen-bond acceptors (Lipinski definition) is 8. The molecule has 0 radical (unpaired) electrons. The number of nitrogens with zero attached hydrogens (tertiary/aromatic N) is 4. The van der Waals surface area contributed by atoms with Gasteiger partial charge in [0.25, 0.3) is 0 Å². The SMILES string of the molecule is CC(C)(C)O.CCOC(=O)Cc1c(C)cc2nc(-c3ccnc(-c4ccc5c(cnn5C5CNC5)c4)c3)sc2c1-c1ccc(Cl)cc1. The van der Waals surface area contributed by atoms with Crippen LogP contribution in [0, 0.1) is 6.92 Å². The number of thiazole rings is 1. The Hall–Kier alpha value is -4.15. The van der Waals surface area contributed by atoms with E-state index in [0.29, 0.717) is 17.7 Å². The zero-order valence-electron chi connectivity index (χ0n) is 27.2. The van der Waals surface area contributed by atoms with Crippen LogP contribution in [0.5, 0.6) is 0 Å². The summed E-state index contributed by atoms with van der Waals surface area (Å²) in [5.74, 6) is -0.245. The predicted molar refractivity (Wildman–Crippen MR) is 191 cm³/mol. The van der Waals surface area contributed by atoms with Gasteiger partial charge in [-0.1, -0.05) is 29.8 Å². The largest absolute Gasteiger partial charge is 0.466 e. The van der Waals surface area contributed by atoms with Crippen LogP contribution in [-0.4, -0.2) is 56.1 Å². The Bertz CT molecular complexity index is 2050. The van der Waals surface area contributed by atoms with Gasteiger partial charge in [-0.25, -0.2) is 4.98 Å². The first-order valence-corrected chi connectivity index (χ1v) is 16.9. The van der Waals surface area contributed by atoms with E-state index in [1.807, 2.05) is 56.6 Å². The number of carbonyl (C=O) groups excluding carboxylic acids is 1. The monoisotopic (exact) mass is 667 g/mol. The zero-order chi connectivity index (χ0) is 33.3. The second-order valence-electron chi connectivity index (χ2n) is 12.7. The van der Waals surface area contributed by atoms with Crippen molar-refractivity contribution in [1.82, 2.24) is 25.1 Å². The molecule has 10 heteroatoms. The van der Waals surface area contributed by atoms with Crippen LogP contribution in [0.25, 0.3) is 54.1 Å². The maximum Gasteiger partial charge on any atom is 0.310 e. The molecule has 1 aliphatic rings. The van der Waals surface area contributed by atoms with E-state index in [1.54, 1.807) is 32.1 Å². The molecule has 0 aliphatic carbocycles. The Morgan fingerprint density at radius 2 is 1.79 bits per heavy atom. The first-order valence-electron chi connectivity index (χ1n) is 15.7. The molecule has 4 heterocycles. The molecule has 6 aromatic rings. The minimum absolute atomic E-state index is 0.191. The number of esters is 1. The average molecular weight is 668 g/mol. The molecule has 8 nitrogen and oxygen atoms in total. The maximum absolute atomic E-state index is 12.6. The molecule has 47 heavy (non-hydrogen) atoms. The normalized spacial score (nSPS) is 13.3. The lowest BCUT2D eigenvalue weighted by atomic mass is 9.93. The number of nitrogens with one attached hydrogen (secondary N) is 1. The molecule has 0 bridgehead atoms.